The normalized spacial score (nSPS) is 14.0. The minimum absolute atomic E-state index is 0.114. The van der Waals surface area contributed by atoms with Gasteiger partial charge in [0.05, 0.1) is 17.0 Å². The average molecular weight is 444 g/mol. The molecule has 1 aromatic carbocycles. The van der Waals surface area contributed by atoms with Crippen molar-refractivity contribution in [3.63, 3.8) is 0 Å². The zero-order chi connectivity index (χ0) is 20.8. The van der Waals surface area contributed by atoms with E-state index in [1.807, 2.05) is 0 Å². The number of carbonyl (C=O) groups is 1. The number of benzene rings is 1. The highest BCUT2D eigenvalue weighted by atomic mass is 35.5. The summed E-state index contributed by atoms with van der Waals surface area (Å²) in [4.78, 5) is 19.4. The summed E-state index contributed by atoms with van der Waals surface area (Å²) in [6.07, 6.45) is -4.11. The van der Waals surface area contributed by atoms with Crippen LogP contribution in [0.2, 0.25) is 5.02 Å². The van der Waals surface area contributed by atoms with Crippen LogP contribution >= 0.6 is 22.9 Å². The van der Waals surface area contributed by atoms with E-state index >= 15 is 0 Å². The van der Waals surface area contributed by atoms with Crippen molar-refractivity contribution < 1.29 is 27.2 Å². The number of methoxy groups -OCH3 is 1. The van der Waals surface area contributed by atoms with Crippen LogP contribution in [0.5, 0.6) is 5.75 Å². The lowest BCUT2D eigenvalue weighted by Crippen LogP contribution is -2.35. The summed E-state index contributed by atoms with van der Waals surface area (Å²) in [5, 5.41) is 3.76. The van der Waals surface area contributed by atoms with Gasteiger partial charge >= 0.3 is 12.1 Å². The van der Waals surface area contributed by atoms with E-state index in [1.54, 1.807) is 29.2 Å². The van der Waals surface area contributed by atoms with Crippen molar-refractivity contribution in [3.8, 4) is 16.5 Å². The van der Waals surface area contributed by atoms with Gasteiger partial charge in [0.2, 0.25) is 5.82 Å². The van der Waals surface area contributed by atoms with E-state index in [9.17, 15) is 18.0 Å². The number of nitrogens with zero attached hydrogens (tertiary/aromatic N) is 3. The van der Waals surface area contributed by atoms with Gasteiger partial charge in [-0.25, -0.2) is 0 Å². The maximum Gasteiger partial charge on any atom is 0.471 e. The minimum Gasteiger partial charge on any atom is -0.495 e. The van der Waals surface area contributed by atoms with Crippen molar-refractivity contribution in [2.45, 2.75) is 19.1 Å². The second-order valence-electron chi connectivity index (χ2n) is 6.31. The van der Waals surface area contributed by atoms with E-state index in [0.717, 1.165) is 10.4 Å². The molecule has 0 aliphatic carbocycles. The van der Waals surface area contributed by atoms with Crippen LogP contribution in [0.1, 0.15) is 26.7 Å². The van der Waals surface area contributed by atoms with E-state index in [1.165, 1.54) is 18.4 Å². The van der Waals surface area contributed by atoms with Crippen LogP contribution in [-0.4, -0.2) is 34.6 Å². The van der Waals surface area contributed by atoms with Gasteiger partial charge in [-0.05, 0) is 36.2 Å². The van der Waals surface area contributed by atoms with Crippen LogP contribution in [0.15, 0.2) is 28.8 Å². The summed E-state index contributed by atoms with van der Waals surface area (Å²) in [5.74, 6) is -1.21. The standard InChI is InChI=1S/C18H13ClF3N3O3S/c1-27-12-3-2-9(6-11(12)19)16(26)25-5-4-13-10(8-25)7-14(29-13)15-23-17(28-24-15)18(20,21)22/h2-3,6-7H,4-5,8H2,1H3. The number of thiophene rings is 1. The molecule has 1 aliphatic heterocycles. The maximum absolute atomic E-state index is 12.8. The number of carbonyl (C=O) groups excluding carboxylic acids is 1. The lowest BCUT2D eigenvalue weighted by Gasteiger charge is -2.27. The van der Waals surface area contributed by atoms with Gasteiger partial charge in [-0.3, -0.25) is 4.79 Å². The fourth-order valence-electron chi connectivity index (χ4n) is 3.04. The molecule has 152 valence electrons. The number of rotatable bonds is 3. The molecule has 1 amide bonds. The Balaban J connectivity index is 1.54. The van der Waals surface area contributed by atoms with Gasteiger partial charge in [-0.2, -0.15) is 18.2 Å². The first kappa shape index (κ1) is 19.7. The fourth-order valence-corrected chi connectivity index (χ4v) is 4.38. The smallest absolute Gasteiger partial charge is 0.471 e. The van der Waals surface area contributed by atoms with E-state index in [2.05, 4.69) is 14.7 Å². The molecule has 6 nitrogen and oxygen atoms in total. The first-order valence-corrected chi connectivity index (χ1v) is 9.61. The molecule has 0 unspecified atom stereocenters. The number of aromatic nitrogens is 2. The monoisotopic (exact) mass is 443 g/mol. The molecule has 0 radical (unpaired) electrons. The Morgan fingerprint density at radius 2 is 2.14 bits per heavy atom. The fraction of sp³-hybridized carbons (Fsp3) is 0.278. The zero-order valence-electron chi connectivity index (χ0n) is 14.9. The third-order valence-electron chi connectivity index (χ3n) is 4.44. The van der Waals surface area contributed by atoms with Crippen molar-refractivity contribution >= 4 is 28.8 Å². The van der Waals surface area contributed by atoms with E-state index < -0.39 is 12.1 Å². The van der Waals surface area contributed by atoms with E-state index in [0.29, 0.717) is 40.7 Å². The quantitative estimate of drug-likeness (QED) is 0.588. The minimum atomic E-state index is -4.69. The van der Waals surface area contributed by atoms with Crippen molar-refractivity contribution in [1.82, 2.24) is 15.0 Å². The summed E-state index contributed by atoms with van der Waals surface area (Å²) in [6, 6.07) is 6.52. The van der Waals surface area contributed by atoms with Gasteiger partial charge in [0.1, 0.15) is 5.75 Å². The summed E-state index contributed by atoms with van der Waals surface area (Å²) in [7, 11) is 1.49. The lowest BCUT2D eigenvalue weighted by atomic mass is 10.1. The van der Waals surface area contributed by atoms with Crippen LogP contribution in [0.4, 0.5) is 13.2 Å². The molecule has 2 aromatic heterocycles. The highest BCUT2D eigenvalue weighted by Crippen LogP contribution is 2.36. The molecule has 0 bridgehead atoms. The Hall–Kier alpha value is -2.59. The average Bonchev–Trinajstić information content (AvgIpc) is 3.33. The molecule has 0 saturated carbocycles. The van der Waals surface area contributed by atoms with Gasteiger partial charge in [0, 0.05) is 23.5 Å². The van der Waals surface area contributed by atoms with Gasteiger partial charge in [-0.15, -0.1) is 11.3 Å². The van der Waals surface area contributed by atoms with Crippen LogP contribution in [0, 0.1) is 0 Å². The van der Waals surface area contributed by atoms with E-state index in [4.69, 9.17) is 16.3 Å². The number of fused-ring (bicyclic) bond motifs is 1. The highest BCUT2D eigenvalue weighted by Gasteiger charge is 2.39. The SMILES string of the molecule is COc1ccc(C(=O)N2CCc3sc(-c4noc(C(F)(F)F)n4)cc3C2)cc1Cl. The van der Waals surface area contributed by atoms with Crippen LogP contribution in [0.25, 0.3) is 10.7 Å². The number of halogens is 4. The first-order chi connectivity index (χ1) is 13.8. The molecule has 0 spiro atoms. The Morgan fingerprint density at radius 1 is 1.34 bits per heavy atom. The van der Waals surface area contributed by atoms with Crippen molar-refractivity contribution in [1.29, 1.82) is 0 Å². The Morgan fingerprint density at radius 3 is 2.79 bits per heavy atom. The molecule has 4 rings (SSSR count). The molecule has 3 heterocycles. The summed E-state index contributed by atoms with van der Waals surface area (Å²) < 4.78 is 47.4. The second kappa shape index (κ2) is 7.34. The number of ether oxygens (including phenoxy) is 1. The number of amides is 1. The first-order valence-electron chi connectivity index (χ1n) is 8.42. The van der Waals surface area contributed by atoms with Crippen LogP contribution in [-0.2, 0) is 19.1 Å². The zero-order valence-corrected chi connectivity index (χ0v) is 16.5. The maximum atomic E-state index is 12.8. The third kappa shape index (κ3) is 3.82. The Labute approximate surface area is 171 Å². The van der Waals surface area contributed by atoms with Gasteiger partial charge < -0.3 is 14.2 Å². The highest BCUT2D eigenvalue weighted by molar-refractivity contribution is 7.15. The second-order valence-corrected chi connectivity index (χ2v) is 7.85. The molecular formula is C18H13ClF3N3O3S. The van der Waals surface area contributed by atoms with Crippen LogP contribution < -0.4 is 4.74 Å². The molecule has 0 saturated heterocycles. The van der Waals surface area contributed by atoms with Gasteiger partial charge in [0.25, 0.3) is 5.91 Å². The predicted molar refractivity (Wildman–Crippen MR) is 99.1 cm³/mol. The molecule has 0 fully saturated rings. The number of alkyl halides is 3. The summed E-state index contributed by atoms with van der Waals surface area (Å²) in [5.41, 5.74) is 1.28. The largest absolute Gasteiger partial charge is 0.495 e. The lowest BCUT2D eigenvalue weighted by molar-refractivity contribution is -0.159. The molecule has 0 N–H and O–H groups in total. The molecule has 29 heavy (non-hydrogen) atoms. The molecule has 1 aliphatic rings. The molecule has 0 atom stereocenters. The van der Waals surface area contributed by atoms with Crippen molar-refractivity contribution in [2.75, 3.05) is 13.7 Å². The Kier molecular flexibility index (Phi) is 4.99. The van der Waals surface area contributed by atoms with Gasteiger partial charge in [-0.1, -0.05) is 16.8 Å². The predicted octanol–water partition coefficient (Wildman–Crippen LogP) is 4.68. The van der Waals surface area contributed by atoms with Crippen molar-refractivity contribution in [2.24, 2.45) is 0 Å². The van der Waals surface area contributed by atoms with Crippen molar-refractivity contribution in [3.05, 3.63) is 51.2 Å². The van der Waals surface area contributed by atoms with E-state index in [-0.39, 0.29) is 11.7 Å². The van der Waals surface area contributed by atoms with Gasteiger partial charge in [0.15, 0.2) is 0 Å². The summed E-state index contributed by atoms with van der Waals surface area (Å²) in [6.45, 7) is 0.813. The summed E-state index contributed by atoms with van der Waals surface area (Å²) >= 11 is 7.40. The number of hydrogen-bond donors (Lipinski definition) is 0. The van der Waals surface area contributed by atoms with Crippen LogP contribution in [0.3, 0.4) is 0 Å². The molecule has 11 heteroatoms. The Bertz CT molecular complexity index is 1080. The molecule has 3 aromatic rings. The molecular weight excluding hydrogens is 431 g/mol. The topological polar surface area (TPSA) is 68.5 Å². The number of hydrogen-bond acceptors (Lipinski definition) is 6. The third-order valence-corrected chi connectivity index (χ3v) is 5.97.